The lowest BCUT2D eigenvalue weighted by Crippen LogP contribution is -2.57. The van der Waals surface area contributed by atoms with Crippen molar-refractivity contribution < 1.29 is 9.59 Å². The van der Waals surface area contributed by atoms with E-state index in [4.69, 9.17) is 11.6 Å². The molecule has 0 saturated heterocycles. The molecule has 7 atom stereocenters. The van der Waals surface area contributed by atoms with Gasteiger partial charge in [0.25, 0.3) is 0 Å². The normalized spacial score (nSPS) is 46.6. The van der Waals surface area contributed by atoms with E-state index in [2.05, 4.69) is 56.2 Å². The molecule has 0 aromatic carbocycles. The Morgan fingerprint density at radius 3 is 2.77 bits per heavy atom. The number of allylic oxidation sites excluding steroid dienone is 4. The second-order valence-electron chi connectivity index (χ2n) is 8.38. The van der Waals surface area contributed by atoms with E-state index in [1.807, 2.05) is 0 Å². The number of alkyl halides is 2. The van der Waals surface area contributed by atoms with Crippen LogP contribution in [-0.4, -0.2) is 21.2 Å². The molecule has 0 bridgehead atoms. The van der Waals surface area contributed by atoms with E-state index >= 15 is 0 Å². The first kappa shape index (κ1) is 19.0. The number of fused-ring (bicyclic) bond motifs is 5. The van der Waals surface area contributed by atoms with Crippen molar-refractivity contribution in [3.8, 4) is 11.3 Å². The first-order valence-corrected chi connectivity index (χ1v) is 11.4. The summed E-state index contributed by atoms with van der Waals surface area (Å²) in [6, 6.07) is 0. The summed E-state index contributed by atoms with van der Waals surface area (Å²) in [6.07, 6.45) is 9.74. The zero-order valence-electron chi connectivity index (χ0n) is 14.6. The fraction of sp³-hybridized carbons (Fsp3) is 0.619. The fourth-order valence-corrected chi connectivity index (χ4v) is 8.19. The number of carbonyl (C=O) groups is 2. The minimum Gasteiger partial charge on any atom is -0.299 e. The quantitative estimate of drug-likeness (QED) is 0.367. The van der Waals surface area contributed by atoms with E-state index in [9.17, 15) is 9.59 Å². The first-order valence-electron chi connectivity index (χ1n) is 9.20. The highest BCUT2D eigenvalue weighted by molar-refractivity contribution is 9.12. The van der Waals surface area contributed by atoms with Gasteiger partial charge >= 0.3 is 0 Å². The first-order chi connectivity index (χ1) is 12.3. The summed E-state index contributed by atoms with van der Waals surface area (Å²) in [5.74, 6) is 4.65. The number of ketones is 2. The summed E-state index contributed by atoms with van der Waals surface area (Å²) in [4.78, 5) is 25.0. The Morgan fingerprint density at radius 2 is 2.04 bits per heavy atom. The van der Waals surface area contributed by atoms with Gasteiger partial charge in [0.15, 0.2) is 5.78 Å². The smallest absolute Gasteiger partial charge is 0.178 e. The van der Waals surface area contributed by atoms with E-state index in [0.717, 1.165) is 24.8 Å². The van der Waals surface area contributed by atoms with Gasteiger partial charge in [0.2, 0.25) is 0 Å². The monoisotopic (exact) mass is 498 g/mol. The lowest BCUT2D eigenvalue weighted by molar-refractivity contribution is -0.131. The molecule has 0 amide bonds. The fourth-order valence-electron chi connectivity index (χ4n) is 6.19. The summed E-state index contributed by atoms with van der Waals surface area (Å²) in [5.41, 5.74) is 0.640. The number of hydrogen-bond acceptors (Lipinski definition) is 2. The largest absolute Gasteiger partial charge is 0.299 e. The van der Waals surface area contributed by atoms with Crippen molar-refractivity contribution in [2.75, 3.05) is 0 Å². The number of carbonyl (C=O) groups excluding carboxylic acids is 2. The molecule has 4 aliphatic carbocycles. The van der Waals surface area contributed by atoms with E-state index < -0.39 is 0 Å². The standard InChI is InChI=1S/C21H21Br2ClO2/c1-20-8-6-14-17(13(20)3-4-16(20)26)19(23)18(22)15-11-12(25)5-9-21(14,15)7-2-10-24/h5,9,11,13-14,17-19H,3-4,6-8H2,1H3/t13-,14-,17-,18-,19-,20-,21+/m0/s1. The lowest BCUT2D eigenvalue weighted by Gasteiger charge is -2.59. The van der Waals surface area contributed by atoms with Crippen LogP contribution < -0.4 is 0 Å². The number of hydrogen-bond donors (Lipinski definition) is 0. The molecule has 0 spiro atoms. The van der Waals surface area contributed by atoms with Crippen molar-refractivity contribution in [1.29, 1.82) is 0 Å². The molecule has 4 rings (SSSR count). The summed E-state index contributed by atoms with van der Waals surface area (Å²) in [5, 5.41) is 2.53. The van der Waals surface area contributed by atoms with Crippen LogP contribution in [0.25, 0.3) is 0 Å². The van der Waals surface area contributed by atoms with Gasteiger partial charge in [-0.2, -0.15) is 0 Å². The van der Waals surface area contributed by atoms with Crippen LogP contribution in [0.1, 0.15) is 39.0 Å². The molecule has 3 fully saturated rings. The molecule has 138 valence electrons. The third-order valence-corrected chi connectivity index (χ3v) is 10.5. The van der Waals surface area contributed by atoms with Crippen molar-refractivity contribution in [2.24, 2.45) is 28.6 Å². The predicted octanol–water partition coefficient (Wildman–Crippen LogP) is 5.18. The van der Waals surface area contributed by atoms with E-state index in [0.29, 0.717) is 36.4 Å². The van der Waals surface area contributed by atoms with Crippen molar-refractivity contribution >= 4 is 55.0 Å². The van der Waals surface area contributed by atoms with Gasteiger partial charge in [0.1, 0.15) is 5.78 Å². The maximum Gasteiger partial charge on any atom is 0.178 e. The summed E-state index contributed by atoms with van der Waals surface area (Å²) < 4.78 is 0. The molecule has 0 radical (unpaired) electrons. The number of halogens is 3. The number of rotatable bonds is 1. The Bertz CT molecular complexity index is 792. The van der Waals surface area contributed by atoms with Gasteiger partial charge in [-0.3, -0.25) is 9.59 Å². The maximum atomic E-state index is 12.6. The van der Waals surface area contributed by atoms with Crippen LogP contribution in [0.5, 0.6) is 0 Å². The average molecular weight is 501 g/mol. The van der Waals surface area contributed by atoms with Gasteiger partial charge in [0.05, 0.1) is 0 Å². The van der Waals surface area contributed by atoms with E-state index in [-0.39, 0.29) is 26.3 Å². The van der Waals surface area contributed by atoms with Crippen LogP contribution in [0.3, 0.4) is 0 Å². The van der Waals surface area contributed by atoms with Gasteiger partial charge in [0, 0.05) is 38.7 Å². The highest BCUT2D eigenvalue weighted by Gasteiger charge is 2.63. The third-order valence-electron chi connectivity index (χ3n) is 7.48. The van der Waals surface area contributed by atoms with Gasteiger partial charge in [-0.05, 0) is 66.3 Å². The molecule has 4 aliphatic rings. The Balaban J connectivity index is 1.84. The molecular weight excluding hydrogens is 479 g/mol. The van der Waals surface area contributed by atoms with E-state index in [1.54, 1.807) is 12.2 Å². The molecule has 0 N–H and O–H groups in total. The zero-order valence-corrected chi connectivity index (χ0v) is 18.5. The molecule has 0 aromatic heterocycles. The van der Waals surface area contributed by atoms with Crippen LogP contribution in [0.15, 0.2) is 23.8 Å². The molecule has 0 aliphatic heterocycles. The average Bonchev–Trinajstić information content (AvgIpc) is 2.93. The van der Waals surface area contributed by atoms with Crippen LogP contribution >= 0.6 is 43.5 Å². The Kier molecular flexibility index (Phi) is 4.82. The van der Waals surface area contributed by atoms with Crippen molar-refractivity contribution in [2.45, 2.75) is 48.7 Å². The van der Waals surface area contributed by atoms with Crippen LogP contribution in [0.2, 0.25) is 0 Å². The highest BCUT2D eigenvalue weighted by atomic mass is 79.9. The van der Waals surface area contributed by atoms with E-state index in [1.165, 1.54) is 0 Å². The topological polar surface area (TPSA) is 34.1 Å². The summed E-state index contributed by atoms with van der Waals surface area (Å²) in [7, 11) is 0. The Labute approximate surface area is 176 Å². The second-order valence-corrected chi connectivity index (χ2v) is 10.6. The molecule has 3 saturated carbocycles. The van der Waals surface area contributed by atoms with Gasteiger partial charge < -0.3 is 0 Å². The van der Waals surface area contributed by atoms with Crippen LogP contribution in [0, 0.1) is 39.9 Å². The van der Waals surface area contributed by atoms with Crippen molar-refractivity contribution in [3.05, 3.63) is 23.8 Å². The summed E-state index contributed by atoms with van der Waals surface area (Å²) >= 11 is 13.5. The van der Waals surface area contributed by atoms with Crippen LogP contribution in [-0.2, 0) is 9.59 Å². The molecule has 0 unspecified atom stereocenters. The SMILES string of the molecule is C[C@]12CC[C@H]3[C@@H]([C@H](Br)[C@@H](Br)C4=CC(=O)C=C[C@@]43CC#CCl)[C@@H]1CCC2=O. The second kappa shape index (κ2) is 6.61. The Hall–Kier alpha value is -0.370. The van der Waals surface area contributed by atoms with Crippen molar-refractivity contribution in [3.63, 3.8) is 0 Å². The molecule has 26 heavy (non-hydrogen) atoms. The predicted molar refractivity (Wildman–Crippen MR) is 110 cm³/mol. The molecule has 5 heteroatoms. The lowest BCUT2D eigenvalue weighted by atomic mass is 9.47. The minimum atomic E-state index is -0.272. The number of Topliss-reactive ketones (excluding diaryl/α,β-unsaturated/α-hetero) is 1. The van der Waals surface area contributed by atoms with Gasteiger partial charge in [-0.15, -0.1) is 0 Å². The molecule has 0 aromatic rings. The highest BCUT2D eigenvalue weighted by Crippen LogP contribution is 2.66. The Morgan fingerprint density at radius 1 is 1.27 bits per heavy atom. The minimum absolute atomic E-state index is 0.0359. The van der Waals surface area contributed by atoms with Gasteiger partial charge in [-0.25, -0.2) is 0 Å². The van der Waals surface area contributed by atoms with Gasteiger partial charge in [-0.1, -0.05) is 50.8 Å². The van der Waals surface area contributed by atoms with Crippen molar-refractivity contribution in [1.82, 2.24) is 0 Å². The zero-order chi connectivity index (χ0) is 18.7. The molecule has 2 nitrogen and oxygen atoms in total. The van der Waals surface area contributed by atoms with Crippen LogP contribution in [0.4, 0.5) is 0 Å². The molecule has 0 heterocycles. The summed E-state index contributed by atoms with van der Waals surface area (Å²) in [6.45, 7) is 2.17. The third kappa shape index (κ3) is 2.50. The molecular formula is C21H21Br2ClO2. The maximum absolute atomic E-state index is 12.6.